The number of hydrogen-bond donors (Lipinski definition) is 1. The van der Waals surface area contributed by atoms with E-state index in [1.165, 1.54) is 23.1 Å². The van der Waals surface area contributed by atoms with E-state index in [-0.39, 0.29) is 11.4 Å². The molecule has 0 unspecified atom stereocenters. The van der Waals surface area contributed by atoms with Crippen molar-refractivity contribution >= 4 is 28.9 Å². The highest BCUT2D eigenvalue weighted by molar-refractivity contribution is 6.44. The van der Waals surface area contributed by atoms with Crippen LogP contribution in [0.3, 0.4) is 0 Å². The summed E-state index contributed by atoms with van der Waals surface area (Å²) >= 11 is 0. The van der Waals surface area contributed by atoms with Crippen molar-refractivity contribution in [3.63, 3.8) is 0 Å². The number of nitrogens with one attached hydrogen (secondary N) is 1. The molecule has 2 aromatic carbocycles. The molecule has 0 bridgehead atoms. The third-order valence-corrected chi connectivity index (χ3v) is 3.68. The van der Waals surface area contributed by atoms with Gasteiger partial charge in [-0.2, -0.15) is 0 Å². The average Bonchev–Trinajstić information content (AvgIpc) is 2.98. The zero-order valence-corrected chi connectivity index (χ0v) is 12.1. The summed E-state index contributed by atoms with van der Waals surface area (Å²) in [6, 6.07) is 13.1. The maximum atomic E-state index is 12.3. The minimum atomic E-state index is -0.893. The number of anilines is 2. The van der Waals surface area contributed by atoms with Crippen LogP contribution >= 0.6 is 0 Å². The van der Waals surface area contributed by atoms with Gasteiger partial charge in [0, 0.05) is 18.3 Å². The summed E-state index contributed by atoms with van der Waals surface area (Å²) in [7, 11) is 0. The number of nitro groups is 1. The number of benzene rings is 2. The summed E-state index contributed by atoms with van der Waals surface area (Å²) in [5, 5.41) is 13.3. The predicted octanol–water partition coefficient (Wildman–Crippen LogP) is 2.12. The molecule has 3 rings (SSSR count). The average molecular weight is 311 g/mol. The molecule has 0 fully saturated rings. The van der Waals surface area contributed by atoms with E-state index in [1.807, 2.05) is 12.1 Å². The molecule has 1 N–H and O–H groups in total. The highest BCUT2D eigenvalue weighted by Gasteiger charge is 2.29. The minimum absolute atomic E-state index is 0.00309. The lowest BCUT2D eigenvalue weighted by molar-refractivity contribution is -0.383. The summed E-state index contributed by atoms with van der Waals surface area (Å²) in [5.41, 5.74) is 1.45. The molecule has 0 aliphatic carbocycles. The standard InChI is InChI=1S/C16H13N3O4/c20-15(17-12-6-2-4-8-14(12)19(22)23)16(21)18-10-9-11-5-1-3-7-13(11)18/h1-8H,9-10H2,(H,17,20). The van der Waals surface area contributed by atoms with Crippen molar-refractivity contribution in [2.24, 2.45) is 0 Å². The van der Waals surface area contributed by atoms with Crippen LogP contribution in [0.1, 0.15) is 5.56 Å². The van der Waals surface area contributed by atoms with Crippen LogP contribution in [0, 0.1) is 10.1 Å². The fraction of sp³-hybridized carbons (Fsp3) is 0.125. The van der Waals surface area contributed by atoms with Gasteiger partial charge in [0.15, 0.2) is 0 Å². The van der Waals surface area contributed by atoms with E-state index in [0.29, 0.717) is 18.7 Å². The van der Waals surface area contributed by atoms with Crippen molar-refractivity contribution in [1.29, 1.82) is 0 Å². The molecule has 0 saturated heterocycles. The lowest BCUT2D eigenvalue weighted by atomic mass is 10.2. The molecule has 2 aromatic rings. The Morgan fingerprint density at radius 3 is 2.57 bits per heavy atom. The van der Waals surface area contributed by atoms with Crippen LogP contribution < -0.4 is 10.2 Å². The first-order valence-corrected chi connectivity index (χ1v) is 7.02. The summed E-state index contributed by atoms with van der Waals surface area (Å²) in [6.07, 6.45) is 0.681. The Bertz CT molecular complexity index is 803. The van der Waals surface area contributed by atoms with E-state index in [9.17, 15) is 19.7 Å². The monoisotopic (exact) mass is 311 g/mol. The normalized spacial score (nSPS) is 12.6. The smallest absolute Gasteiger partial charge is 0.312 e. The largest absolute Gasteiger partial charge is 0.316 e. The third kappa shape index (κ3) is 2.76. The Balaban J connectivity index is 1.80. The Hall–Kier alpha value is -3.22. The van der Waals surface area contributed by atoms with Gasteiger partial charge >= 0.3 is 11.8 Å². The molecule has 0 atom stereocenters. The van der Waals surface area contributed by atoms with Crippen LogP contribution in [0.4, 0.5) is 17.1 Å². The first-order valence-electron chi connectivity index (χ1n) is 7.02. The Labute approximate surface area is 131 Å². The number of rotatable bonds is 2. The zero-order chi connectivity index (χ0) is 16.4. The van der Waals surface area contributed by atoms with Gasteiger partial charge in [0.1, 0.15) is 5.69 Å². The van der Waals surface area contributed by atoms with Crippen molar-refractivity contribution in [3.05, 3.63) is 64.2 Å². The van der Waals surface area contributed by atoms with Gasteiger partial charge in [-0.05, 0) is 24.1 Å². The molecule has 7 heteroatoms. The third-order valence-electron chi connectivity index (χ3n) is 3.68. The highest BCUT2D eigenvalue weighted by Crippen LogP contribution is 2.28. The van der Waals surface area contributed by atoms with Crippen molar-refractivity contribution < 1.29 is 14.5 Å². The first-order chi connectivity index (χ1) is 11.1. The summed E-state index contributed by atoms with van der Waals surface area (Å²) in [6.45, 7) is 0.419. The molecular formula is C16H13N3O4. The Kier molecular flexibility index (Phi) is 3.76. The quantitative estimate of drug-likeness (QED) is 0.522. The van der Waals surface area contributed by atoms with Gasteiger partial charge in [-0.15, -0.1) is 0 Å². The summed E-state index contributed by atoms with van der Waals surface area (Å²) in [4.78, 5) is 36.2. The van der Waals surface area contributed by atoms with Gasteiger partial charge < -0.3 is 10.2 Å². The number of nitrogens with zero attached hydrogens (tertiary/aromatic N) is 2. The Morgan fingerprint density at radius 1 is 1.09 bits per heavy atom. The second-order valence-electron chi connectivity index (χ2n) is 5.06. The number of fused-ring (bicyclic) bond motifs is 1. The molecule has 23 heavy (non-hydrogen) atoms. The van der Waals surface area contributed by atoms with E-state index in [2.05, 4.69) is 5.32 Å². The minimum Gasteiger partial charge on any atom is -0.312 e. The molecular weight excluding hydrogens is 298 g/mol. The SMILES string of the molecule is O=C(Nc1ccccc1[N+](=O)[O-])C(=O)N1CCc2ccccc21. The van der Waals surface area contributed by atoms with Gasteiger partial charge in [0.25, 0.3) is 5.69 Å². The molecule has 1 aliphatic heterocycles. The predicted molar refractivity (Wildman–Crippen MR) is 84.2 cm³/mol. The first kappa shape index (κ1) is 14.7. The van der Waals surface area contributed by atoms with Crippen LogP contribution in [-0.2, 0) is 16.0 Å². The fourth-order valence-corrected chi connectivity index (χ4v) is 2.59. The maximum absolute atomic E-state index is 12.3. The molecule has 0 radical (unpaired) electrons. The maximum Gasteiger partial charge on any atom is 0.316 e. The summed E-state index contributed by atoms with van der Waals surface area (Å²) in [5.74, 6) is -1.62. The van der Waals surface area contributed by atoms with Crippen LogP contribution in [0.25, 0.3) is 0 Å². The Morgan fingerprint density at radius 2 is 1.78 bits per heavy atom. The van der Waals surface area contributed by atoms with Gasteiger partial charge in [-0.25, -0.2) is 0 Å². The van der Waals surface area contributed by atoms with Crippen LogP contribution in [0.5, 0.6) is 0 Å². The van der Waals surface area contributed by atoms with Gasteiger partial charge in [-0.1, -0.05) is 30.3 Å². The molecule has 0 saturated carbocycles. The van der Waals surface area contributed by atoms with E-state index in [1.54, 1.807) is 18.2 Å². The van der Waals surface area contributed by atoms with Crippen LogP contribution in [-0.4, -0.2) is 23.3 Å². The molecule has 1 aliphatic rings. The second-order valence-corrected chi connectivity index (χ2v) is 5.06. The molecule has 1 heterocycles. The van der Waals surface area contributed by atoms with Crippen molar-refractivity contribution in [3.8, 4) is 0 Å². The topological polar surface area (TPSA) is 92.5 Å². The van der Waals surface area contributed by atoms with Crippen molar-refractivity contribution in [2.45, 2.75) is 6.42 Å². The molecule has 0 spiro atoms. The molecule has 116 valence electrons. The molecule has 7 nitrogen and oxygen atoms in total. The van der Waals surface area contributed by atoms with Crippen molar-refractivity contribution in [1.82, 2.24) is 0 Å². The van der Waals surface area contributed by atoms with E-state index in [0.717, 1.165) is 5.56 Å². The number of hydrogen-bond acceptors (Lipinski definition) is 4. The van der Waals surface area contributed by atoms with Crippen LogP contribution in [0.15, 0.2) is 48.5 Å². The lowest BCUT2D eigenvalue weighted by Crippen LogP contribution is -2.38. The number of nitro benzene ring substituents is 1. The second kappa shape index (κ2) is 5.88. The van der Waals surface area contributed by atoms with Gasteiger partial charge in [-0.3, -0.25) is 19.7 Å². The van der Waals surface area contributed by atoms with Crippen LogP contribution in [0.2, 0.25) is 0 Å². The summed E-state index contributed by atoms with van der Waals surface area (Å²) < 4.78 is 0. The van der Waals surface area contributed by atoms with E-state index >= 15 is 0 Å². The van der Waals surface area contributed by atoms with Crippen molar-refractivity contribution in [2.75, 3.05) is 16.8 Å². The number of carbonyl (C=O) groups is 2. The van der Waals surface area contributed by atoms with Gasteiger partial charge in [0.2, 0.25) is 0 Å². The zero-order valence-electron chi connectivity index (χ0n) is 12.1. The number of carbonyl (C=O) groups excluding carboxylic acids is 2. The fourth-order valence-electron chi connectivity index (χ4n) is 2.59. The van der Waals surface area contributed by atoms with E-state index in [4.69, 9.17) is 0 Å². The highest BCUT2D eigenvalue weighted by atomic mass is 16.6. The molecule has 2 amide bonds. The number of amides is 2. The molecule has 0 aromatic heterocycles. The number of para-hydroxylation sites is 3. The lowest BCUT2D eigenvalue weighted by Gasteiger charge is -2.16. The van der Waals surface area contributed by atoms with E-state index < -0.39 is 16.7 Å². The van der Waals surface area contributed by atoms with Gasteiger partial charge in [0.05, 0.1) is 4.92 Å².